The molecule has 0 spiro atoms. The molecule has 1 unspecified atom stereocenters. The van der Waals surface area contributed by atoms with E-state index in [-0.39, 0.29) is 5.75 Å². The Hall–Kier alpha value is -0.690. The number of hydrogen-bond acceptors (Lipinski definition) is 2. The first kappa shape index (κ1) is 14.4. The second kappa shape index (κ2) is 5.77. The maximum atomic E-state index is 12.5. The second-order valence-corrected chi connectivity index (χ2v) is 5.33. The zero-order valence-electron chi connectivity index (χ0n) is 8.59. The Bertz CT molecular complexity index is 409. The molecule has 1 aromatic rings. The summed E-state index contributed by atoms with van der Waals surface area (Å²) in [6.07, 6.45) is -4.47. The average molecular weight is 327 g/mol. The van der Waals surface area contributed by atoms with E-state index in [2.05, 4.69) is 15.9 Å². The Morgan fingerprint density at radius 1 is 1.47 bits per heavy atom. The number of nitrogens with one attached hydrogen (secondary N) is 1. The molecule has 1 rings (SSSR count). The fourth-order valence-corrected chi connectivity index (χ4v) is 2.76. The molecule has 0 radical (unpaired) electrons. The number of benzene rings is 1. The summed E-state index contributed by atoms with van der Waals surface area (Å²) in [5.41, 5.74) is 4.96. The fourth-order valence-electron chi connectivity index (χ4n) is 1.10. The van der Waals surface area contributed by atoms with Crippen molar-refractivity contribution in [2.45, 2.75) is 11.1 Å². The maximum absolute atomic E-state index is 12.5. The van der Waals surface area contributed by atoms with E-state index in [1.807, 2.05) is 0 Å². The fraction of sp³-hybridized carbons (Fsp3) is 0.300. The van der Waals surface area contributed by atoms with Gasteiger partial charge in [-0.05, 0) is 18.2 Å². The van der Waals surface area contributed by atoms with Gasteiger partial charge in [0, 0.05) is 15.1 Å². The van der Waals surface area contributed by atoms with E-state index < -0.39 is 17.9 Å². The van der Waals surface area contributed by atoms with E-state index in [4.69, 9.17) is 11.1 Å². The largest absolute Gasteiger partial charge is 0.399 e. The molecule has 0 heterocycles. The molecule has 1 atom stereocenters. The third-order valence-electron chi connectivity index (χ3n) is 1.98. The van der Waals surface area contributed by atoms with Crippen LogP contribution in [0.4, 0.5) is 13.2 Å². The van der Waals surface area contributed by atoms with Gasteiger partial charge in [0.25, 0.3) is 0 Å². The zero-order valence-corrected chi connectivity index (χ0v) is 11.0. The zero-order chi connectivity index (χ0) is 13.1. The van der Waals surface area contributed by atoms with Crippen LogP contribution in [0.3, 0.4) is 0 Å². The minimum atomic E-state index is -4.47. The first-order chi connectivity index (χ1) is 7.80. The lowest BCUT2D eigenvalue weighted by Gasteiger charge is -2.18. The summed E-state index contributed by atoms with van der Waals surface area (Å²) in [4.78, 5) is 0.704. The van der Waals surface area contributed by atoms with Crippen molar-refractivity contribution in [3.8, 4) is 0 Å². The van der Waals surface area contributed by atoms with E-state index in [0.29, 0.717) is 4.90 Å². The van der Waals surface area contributed by atoms with Gasteiger partial charge < -0.3 is 5.73 Å². The SMILES string of the molecule is N=C(N)C(CSc1cccc(Br)c1)C(F)(F)F. The molecule has 7 heteroatoms. The predicted molar refractivity (Wildman–Crippen MR) is 66.3 cm³/mol. The van der Waals surface area contributed by atoms with Crippen LogP contribution >= 0.6 is 27.7 Å². The number of rotatable bonds is 4. The van der Waals surface area contributed by atoms with E-state index >= 15 is 0 Å². The van der Waals surface area contributed by atoms with Crippen LogP contribution in [-0.4, -0.2) is 17.8 Å². The van der Waals surface area contributed by atoms with Gasteiger partial charge in [0.05, 0.1) is 0 Å². The molecule has 0 aliphatic heterocycles. The Balaban J connectivity index is 2.68. The van der Waals surface area contributed by atoms with Crippen molar-refractivity contribution in [2.24, 2.45) is 11.7 Å². The third kappa shape index (κ3) is 4.59. The van der Waals surface area contributed by atoms with Crippen LogP contribution < -0.4 is 5.73 Å². The molecule has 2 nitrogen and oxygen atoms in total. The number of amidine groups is 1. The average Bonchev–Trinajstić information content (AvgIpc) is 2.15. The highest BCUT2D eigenvalue weighted by Gasteiger charge is 2.41. The molecular formula is C10H10BrF3N2S. The molecule has 0 saturated heterocycles. The summed E-state index contributed by atoms with van der Waals surface area (Å²) >= 11 is 4.26. The summed E-state index contributed by atoms with van der Waals surface area (Å²) in [6, 6.07) is 6.96. The lowest BCUT2D eigenvalue weighted by atomic mass is 10.1. The van der Waals surface area contributed by atoms with Crippen LogP contribution in [-0.2, 0) is 0 Å². The number of halogens is 4. The van der Waals surface area contributed by atoms with Gasteiger partial charge in [0.1, 0.15) is 11.8 Å². The molecule has 94 valence electrons. The molecule has 3 N–H and O–H groups in total. The summed E-state index contributed by atoms with van der Waals surface area (Å²) in [5, 5.41) is 6.95. The van der Waals surface area contributed by atoms with Crippen molar-refractivity contribution in [1.82, 2.24) is 0 Å². The molecule has 0 fully saturated rings. The summed E-state index contributed by atoms with van der Waals surface area (Å²) in [7, 11) is 0. The molecule has 0 bridgehead atoms. The van der Waals surface area contributed by atoms with Gasteiger partial charge in [-0.2, -0.15) is 13.2 Å². The van der Waals surface area contributed by atoms with Crippen LogP contribution in [0.5, 0.6) is 0 Å². The molecular weight excluding hydrogens is 317 g/mol. The van der Waals surface area contributed by atoms with Crippen molar-refractivity contribution in [1.29, 1.82) is 5.41 Å². The van der Waals surface area contributed by atoms with Gasteiger partial charge in [-0.25, -0.2) is 0 Å². The van der Waals surface area contributed by atoms with Crippen molar-refractivity contribution in [2.75, 3.05) is 5.75 Å². The van der Waals surface area contributed by atoms with Gasteiger partial charge in [-0.1, -0.05) is 22.0 Å². The lowest BCUT2D eigenvalue weighted by molar-refractivity contribution is -0.149. The Kier molecular flexibility index (Phi) is 4.88. The minimum Gasteiger partial charge on any atom is -0.387 e. The van der Waals surface area contributed by atoms with Crippen molar-refractivity contribution < 1.29 is 13.2 Å². The smallest absolute Gasteiger partial charge is 0.387 e. The molecule has 1 aromatic carbocycles. The van der Waals surface area contributed by atoms with Gasteiger partial charge in [-0.15, -0.1) is 11.8 Å². The van der Waals surface area contributed by atoms with E-state index in [1.165, 1.54) is 0 Å². The number of alkyl halides is 3. The lowest BCUT2D eigenvalue weighted by Crippen LogP contribution is -2.36. The molecule has 0 aromatic heterocycles. The highest BCUT2D eigenvalue weighted by molar-refractivity contribution is 9.10. The highest BCUT2D eigenvalue weighted by atomic mass is 79.9. The van der Waals surface area contributed by atoms with Gasteiger partial charge >= 0.3 is 6.18 Å². The van der Waals surface area contributed by atoms with Crippen LogP contribution in [0.15, 0.2) is 33.6 Å². The van der Waals surface area contributed by atoms with Crippen LogP contribution in [0.25, 0.3) is 0 Å². The Morgan fingerprint density at radius 3 is 2.59 bits per heavy atom. The standard InChI is InChI=1S/C10H10BrF3N2S/c11-6-2-1-3-7(4-6)17-5-8(9(15)16)10(12,13)14/h1-4,8H,5H2,(H3,15,16). The minimum absolute atomic E-state index is 0.282. The first-order valence-electron chi connectivity index (χ1n) is 4.59. The second-order valence-electron chi connectivity index (χ2n) is 3.32. The van der Waals surface area contributed by atoms with Gasteiger partial charge in [0.2, 0.25) is 0 Å². The molecule has 0 saturated carbocycles. The summed E-state index contributed by atoms with van der Waals surface area (Å²) < 4.78 is 38.3. The van der Waals surface area contributed by atoms with Crippen LogP contribution in [0.1, 0.15) is 0 Å². The summed E-state index contributed by atoms with van der Waals surface area (Å²) in [5.74, 6) is -3.03. The molecule has 0 aliphatic rings. The van der Waals surface area contributed by atoms with Gasteiger partial charge in [0.15, 0.2) is 0 Å². The quantitative estimate of drug-likeness (QED) is 0.504. The molecule has 0 aliphatic carbocycles. The van der Waals surface area contributed by atoms with Crippen LogP contribution in [0, 0.1) is 11.3 Å². The van der Waals surface area contributed by atoms with Crippen molar-refractivity contribution in [3.05, 3.63) is 28.7 Å². The monoisotopic (exact) mass is 326 g/mol. The normalized spacial score (nSPS) is 13.4. The maximum Gasteiger partial charge on any atom is 0.399 e. The van der Waals surface area contributed by atoms with E-state index in [9.17, 15) is 13.2 Å². The van der Waals surface area contributed by atoms with E-state index in [0.717, 1.165) is 16.2 Å². The highest BCUT2D eigenvalue weighted by Crippen LogP contribution is 2.32. The van der Waals surface area contributed by atoms with E-state index in [1.54, 1.807) is 24.3 Å². The van der Waals surface area contributed by atoms with Crippen molar-refractivity contribution in [3.63, 3.8) is 0 Å². The Morgan fingerprint density at radius 2 is 2.12 bits per heavy atom. The Labute approximate surface area is 109 Å². The molecule has 17 heavy (non-hydrogen) atoms. The molecule has 0 amide bonds. The number of thioether (sulfide) groups is 1. The van der Waals surface area contributed by atoms with Gasteiger partial charge in [-0.3, -0.25) is 5.41 Å². The third-order valence-corrected chi connectivity index (χ3v) is 3.56. The topological polar surface area (TPSA) is 49.9 Å². The number of nitrogens with two attached hydrogens (primary N) is 1. The summed E-state index contributed by atoms with van der Waals surface area (Å²) in [6.45, 7) is 0. The first-order valence-corrected chi connectivity index (χ1v) is 6.37. The number of hydrogen-bond donors (Lipinski definition) is 2. The predicted octanol–water partition coefficient (Wildman–Crippen LogP) is 3.66. The van der Waals surface area contributed by atoms with Crippen molar-refractivity contribution >= 4 is 33.5 Å². The van der Waals surface area contributed by atoms with Crippen LogP contribution in [0.2, 0.25) is 0 Å².